The lowest BCUT2D eigenvalue weighted by Crippen LogP contribution is -2.25. The van der Waals surface area contributed by atoms with Gasteiger partial charge in [-0.25, -0.2) is 4.79 Å². The van der Waals surface area contributed by atoms with Crippen molar-refractivity contribution in [3.63, 3.8) is 0 Å². The largest absolute Gasteiger partial charge is 0.465 e. The number of ether oxygens (including phenoxy) is 1. The number of carbonyl (C=O) groups is 2. The summed E-state index contributed by atoms with van der Waals surface area (Å²) in [6.45, 7) is 0. The first-order valence-corrected chi connectivity index (χ1v) is 8.76. The summed E-state index contributed by atoms with van der Waals surface area (Å²) in [7, 11) is 1.32. The highest BCUT2D eigenvalue weighted by molar-refractivity contribution is 8.33. The Morgan fingerprint density at radius 1 is 1.26 bits per heavy atom. The molecule has 1 fully saturated rings. The smallest absolute Gasteiger partial charge is 0.339 e. The Bertz CT molecular complexity index is 475. The van der Waals surface area contributed by atoms with Gasteiger partial charge in [0.1, 0.15) is 4.58 Å². The molecule has 1 aromatic carbocycles. The van der Waals surface area contributed by atoms with E-state index < -0.39 is 5.97 Å². The summed E-state index contributed by atoms with van der Waals surface area (Å²) in [4.78, 5) is 23.7. The lowest BCUT2D eigenvalue weighted by Gasteiger charge is -2.20. The van der Waals surface area contributed by atoms with Gasteiger partial charge in [0.05, 0.1) is 18.4 Å². The summed E-state index contributed by atoms with van der Waals surface area (Å²) in [6.07, 6.45) is 0. The van der Waals surface area contributed by atoms with E-state index in [0.29, 0.717) is 11.3 Å². The zero-order chi connectivity index (χ0) is 13.7. The Labute approximate surface area is 124 Å². The number of methoxy groups -OCH3 is 1. The van der Waals surface area contributed by atoms with Crippen LogP contribution in [-0.2, 0) is 9.53 Å². The van der Waals surface area contributed by atoms with Crippen molar-refractivity contribution in [2.24, 2.45) is 0 Å². The van der Waals surface area contributed by atoms with Gasteiger partial charge in [0.2, 0.25) is 5.91 Å². The van der Waals surface area contributed by atoms with Gasteiger partial charge < -0.3 is 10.1 Å². The van der Waals surface area contributed by atoms with E-state index >= 15 is 0 Å². The summed E-state index contributed by atoms with van der Waals surface area (Å²) in [6, 6.07) is 6.86. The summed E-state index contributed by atoms with van der Waals surface area (Å²) in [5, 5.41) is 4.65. The number of esters is 1. The molecular formula is C12H13NO3S3. The van der Waals surface area contributed by atoms with Gasteiger partial charge in [0.25, 0.3) is 0 Å². The van der Waals surface area contributed by atoms with Gasteiger partial charge in [-0.1, -0.05) is 12.1 Å². The minimum Gasteiger partial charge on any atom is -0.465 e. The van der Waals surface area contributed by atoms with Crippen LogP contribution in [0, 0.1) is 0 Å². The first kappa shape index (κ1) is 14.6. The predicted octanol–water partition coefficient (Wildman–Crippen LogP) is 2.87. The van der Waals surface area contributed by atoms with Gasteiger partial charge in [0, 0.05) is 10.2 Å². The highest BCUT2D eigenvalue weighted by atomic mass is 32.3. The van der Waals surface area contributed by atoms with E-state index in [1.165, 1.54) is 7.11 Å². The zero-order valence-electron chi connectivity index (χ0n) is 10.3. The van der Waals surface area contributed by atoms with Crippen molar-refractivity contribution in [1.82, 2.24) is 0 Å². The molecule has 4 nitrogen and oxygen atoms in total. The molecular weight excluding hydrogens is 302 g/mol. The van der Waals surface area contributed by atoms with Gasteiger partial charge in [-0.15, -0.1) is 35.3 Å². The predicted molar refractivity (Wildman–Crippen MR) is 82.7 cm³/mol. The van der Waals surface area contributed by atoms with E-state index in [1.807, 2.05) is 0 Å². The van der Waals surface area contributed by atoms with Crippen LogP contribution in [0.5, 0.6) is 0 Å². The van der Waals surface area contributed by atoms with Gasteiger partial charge in [0.15, 0.2) is 0 Å². The van der Waals surface area contributed by atoms with Gasteiger partial charge in [-0.3, -0.25) is 4.79 Å². The number of hydrogen-bond acceptors (Lipinski definition) is 6. The standard InChI is InChI=1S/C12H13NO3S3/c1-16-11(15)8-4-2-3-5-9(8)13-10(14)12-18-6-17-7-19-12/h2-5,12H,6-7H2,1H3,(H,13,14). The second-order valence-electron chi connectivity index (χ2n) is 3.63. The van der Waals surface area contributed by atoms with Crippen LogP contribution in [0.15, 0.2) is 24.3 Å². The Morgan fingerprint density at radius 2 is 1.95 bits per heavy atom. The first-order chi connectivity index (χ1) is 9.22. The van der Waals surface area contributed by atoms with Crippen LogP contribution >= 0.6 is 35.3 Å². The lowest BCUT2D eigenvalue weighted by atomic mass is 10.2. The van der Waals surface area contributed by atoms with Crippen LogP contribution < -0.4 is 5.32 Å². The molecule has 1 aliphatic heterocycles. The Morgan fingerprint density at radius 3 is 2.63 bits per heavy atom. The highest BCUT2D eigenvalue weighted by Gasteiger charge is 2.24. The third kappa shape index (κ3) is 3.84. The van der Waals surface area contributed by atoms with Crippen molar-refractivity contribution in [2.45, 2.75) is 4.58 Å². The summed E-state index contributed by atoms with van der Waals surface area (Å²) in [5.41, 5.74) is 0.873. The molecule has 0 spiro atoms. The topological polar surface area (TPSA) is 55.4 Å². The summed E-state index contributed by atoms with van der Waals surface area (Å²) in [5.74, 6) is -0.526. The molecule has 0 saturated carbocycles. The molecule has 19 heavy (non-hydrogen) atoms. The molecule has 1 saturated heterocycles. The fourth-order valence-electron chi connectivity index (χ4n) is 1.53. The third-order valence-electron chi connectivity index (χ3n) is 2.41. The Kier molecular flexibility index (Phi) is 5.47. The zero-order valence-corrected chi connectivity index (χ0v) is 12.7. The Hall–Kier alpha value is -0.790. The highest BCUT2D eigenvalue weighted by Crippen LogP contribution is 2.36. The molecule has 2 rings (SSSR count). The summed E-state index contributed by atoms with van der Waals surface area (Å²) < 4.78 is 4.58. The maximum atomic E-state index is 12.1. The molecule has 1 aromatic rings. The van der Waals surface area contributed by atoms with Crippen LogP contribution in [0.1, 0.15) is 10.4 Å². The van der Waals surface area contributed by atoms with E-state index in [1.54, 1.807) is 59.6 Å². The Balaban J connectivity index is 2.09. The minimum atomic E-state index is -0.449. The number of carbonyl (C=O) groups excluding carboxylic acids is 2. The van der Waals surface area contributed by atoms with E-state index in [4.69, 9.17) is 4.74 Å². The molecule has 1 aliphatic rings. The van der Waals surface area contributed by atoms with Gasteiger partial charge >= 0.3 is 5.97 Å². The maximum Gasteiger partial charge on any atom is 0.339 e. The number of para-hydroxylation sites is 1. The lowest BCUT2D eigenvalue weighted by molar-refractivity contribution is -0.114. The van der Waals surface area contributed by atoms with E-state index in [0.717, 1.165) is 10.2 Å². The van der Waals surface area contributed by atoms with Crippen LogP contribution in [0.3, 0.4) is 0 Å². The monoisotopic (exact) mass is 315 g/mol. The number of rotatable bonds is 3. The number of thioether (sulfide) groups is 3. The molecule has 1 N–H and O–H groups in total. The van der Waals surface area contributed by atoms with Gasteiger partial charge in [-0.05, 0) is 12.1 Å². The molecule has 0 radical (unpaired) electrons. The molecule has 1 amide bonds. The second-order valence-corrected chi connectivity index (χ2v) is 7.83. The number of hydrogen-bond donors (Lipinski definition) is 1. The number of anilines is 1. The van der Waals surface area contributed by atoms with Crippen LogP contribution in [0.4, 0.5) is 5.69 Å². The van der Waals surface area contributed by atoms with Crippen molar-refractivity contribution in [1.29, 1.82) is 0 Å². The molecule has 0 aliphatic carbocycles. The van der Waals surface area contributed by atoms with E-state index in [2.05, 4.69) is 5.32 Å². The average Bonchev–Trinajstić information content (AvgIpc) is 2.48. The summed E-state index contributed by atoms with van der Waals surface area (Å²) >= 11 is 5.02. The minimum absolute atomic E-state index is 0.0772. The quantitative estimate of drug-likeness (QED) is 0.866. The van der Waals surface area contributed by atoms with Crippen LogP contribution in [-0.4, -0.2) is 33.7 Å². The SMILES string of the molecule is COC(=O)c1ccccc1NC(=O)C1SCSCS1. The van der Waals surface area contributed by atoms with Crippen LogP contribution in [0.25, 0.3) is 0 Å². The van der Waals surface area contributed by atoms with Gasteiger partial charge in [-0.2, -0.15) is 0 Å². The molecule has 0 unspecified atom stereocenters. The average molecular weight is 315 g/mol. The molecule has 102 valence electrons. The first-order valence-electron chi connectivity index (χ1n) is 5.51. The molecule has 0 aromatic heterocycles. The normalized spacial score (nSPS) is 15.8. The molecule has 1 heterocycles. The maximum absolute atomic E-state index is 12.1. The van der Waals surface area contributed by atoms with Crippen molar-refractivity contribution < 1.29 is 14.3 Å². The van der Waals surface area contributed by atoms with Crippen molar-refractivity contribution in [2.75, 3.05) is 22.6 Å². The number of nitrogens with one attached hydrogen (secondary N) is 1. The molecule has 0 atom stereocenters. The number of amides is 1. The second kappa shape index (κ2) is 7.12. The van der Waals surface area contributed by atoms with Crippen molar-refractivity contribution >= 4 is 52.8 Å². The fourth-order valence-corrected chi connectivity index (χ4v) is 5.97. The van der Waals surface area contributed by atoms with Crippen molar-refractivity contribution in [3.05, 3.63) is 29.8 Å². The molecule has 0 bridgehead atoms. The van der Waals surface area contributed by atoms with E-state index in [9.17, 15) is 9.59 Å². The van der Waals surface area contributed by atoms with Crippen molar-refractivity contribution in [3.8, 4) is 0 Å². The number of benzene rings is 1. The van der Waals surface area contributed by atoms with Crippen LogP contribution in [0.2, 0.25) is 0 Å². The fraction of sp³-hybridized carbons (Fsp3) is 0.333. The molecule has 7 heteroatoms. The van der Waals surface area contributed by atoms with E-state index in [-0.39, 0.29) is 10.5 Å². The third-order valence-corrected chi connectivity index (χ3v) is 6.68.